The van der Waals surface area contributed by atoms with Crippen LogP contribution in [0.2, 0.25) is 0 Å². The fraction of sp³-hybridized carbons (Fsp3) is 0.667. The summed E-state index contributed by atoms with van der Waals surface area (Å²) in [6.45, 7) is 2.33. The van der Waals surface area contributed by atoms with E-state index in [0.717, 1.165) is 31.8 Å². The van der Waals surface area contributed by atoms with Gasteiger partial charge in [0.05, 0.1) is 0 Å². The maximum atomic E-state index is 12.6. The van der Waals surface area contributed by atoms with Crippen molar-refractivity contribution in [2.24, 2.45) is 17.6 Å². The quantitative estimate of drug-likeness (QED) is 0.860. The van der Waals surface area contributed by atoms with Crippen molar-refractivity contribution in [1.29, 1.82) is 0 Å². The lowest BCUT2D eigenvalue weighted by atomic mass is 9.86. The number of nitrogens with zero attached hydrogens (tertiary/aromatic N) is 1. The summed E-state index contributed by atoms with van der Waals surface area (Å²) in [5.41, 5.74) is 7.31. The van der Waals surface area contributed by atoms with E-state index in [1.807, 2.05) is 6.07 Å². The highest BCUT2D eigenvalue weighted by molar-refractivity contribution is 5.76. The molecule has 2 N–H and O–H groups in total. The van der Waals surface area contributed by atoms with Gasteiger partial charge in [-0.25, -0.2) is 0 Å². The van der Waals surface area contributed by atoms with E-state index in [9.17, 15) is 4.79 Å². The molecule has 132 valence electrons. The van der Waals surface area contributed by atoms with Gasteiger partial charge in [0.2, 0.25) is 5.91 Å². The molecule has 1 heterocycles. The van der Waals surface area contributed by atoms with E-state index in [4.69, 9.17) is 5.73 Å². The number of hydrogen-bond acceptors (Lipinski definition) is 2. The van der Waals surface area contributed by atoms with Gasteiger partial charge in [0.15, 0.2) is 0 Å². The van der Waals surface area contributed by atoms with Crippen LogP contribution in [0.25, 0.3) is 0 Å². The fourth-order valence-electron chi connectivity index (χ4n) is 4.57. The summed E-state index contributed by atoms with van der Waals surface area (Å²) in [4.78, 5) is 14.7. The molecule has 2 atom stereocenters. The first-order valence-electron chi connectivity index (χ1n) is 9.80. The van der Waals surface area contributed by atoms with Crippen molar-refractivity contribution in [1.82, 2.24) is 4.90 Å². The summed E-state index contributed by atoms with van der Waals surface area (Å²) < 4.78 is 0. The van der Waals surface area contributed by atoms with Gasteiger partial charge in [0, 0.05) is 25.4 Å². The predicted octanol–water partition coefficient (Wildman–Crippen LogP) is 3.94. The molecule has 1 aliphatic heterocycles. The Morgan fingerprint density at radius 1 is 1.08 bits per heavy atom. The van der Waals surface area contributed by atoms with E-state index >= 15 is 0 Å². The third-order valence-corrected chi connectivity index (χ3v) is 6.05. The molecule has 0 spiro atoms. The lowest BCUT2D eigenvalue weighted by Crippen LogP contribution is -2.29. The SMILES string of the molecule is NC[C@@H]1CN(C(=O)CCCC2CCCCC2)C[C@H]1c1ccccc1. The molecule has 1 aromatic carbocycles. The van der Waals surface area contributed by atoms with E-state index in [1.165, 1.54) is 44.1 Å². The molecule has 3 heteroatoms. The topological polar surface area (TPSA) is 46.3 Å². The van der Waals surface area contributed by atoms with Gasteiger partial charge >= 0.3 is 0 Å². The van der Waals surface area contributed by atoms with Crippen LogP contribution in [0.1, 0.15) is 62.8 Å². The normalized spacial score (nSPS) is 25.1. The third-order valence-electron chi connectivity index (χ3n) is 6.05. The lowest BCUT2D eigenvalue weighted by molar-refractivity contribution is -0.130. The number of rotatable bonds is 6. The molecule has 0 unspecified atom stereocenters. The standard InChI is InChI=1S/C21H32N2O/c22-14-19-15-23(16-20(19)18-11-5-2-6-12-18)21(24)13-7-10-17-8-3-1-4-9-17/h2,5-6,11-12,17,19-20H,1,3-4,7-10,13-16,22H2/t19-,20+/m1/s1. The van der Waals surface area contributed by atoms with Crippen molar-refractivity contribution in [2.75, 3.05) is 19.6 Å². The summed E-state index contributed by atoms with van der Waals surface area (Å²) in [7, 11) is 0. The Morgan fingerprint density at radius 2 is 1.83 bits per heavy atom. The van der Waals surface area contributed by atoms with Gasteiger partial charge in [0.1, 0.15) is 0 Å². The van der Waals surface area contributed by atoms with Gasteiger partial charge in [-0.1, -0.05) is 62.4 Å². The van der Waals surface area contributed by atoms with Gasteiger partial charge in [-0.2, -0.15) is 0 Å². The fourth-order valence-corrected chi connectivity index (χ4v) is 4.57. The Bertz CT molecular complexity index is 510. The number of carbonyl (C=O) groups excluding carboxylic acids is 1. The monoisotopic (exact) mass is 328 g/mol. The van der Waals surface area contributed by atoms with E-state index < -0.39 is 0 Å². The molecule has 1 saturated carbocycles. The maximum absolute atomic E-state index is 12.6. The van der Waals surface area contributed by atoms with Crippen molar-refractivity contribution in [3.63, 3.8) is 0 Å². The zero-order valence-corrected chi connectivity index (χ0v) is 14.8. The molecule has 2 fully saturated rings. The molecule has 3 nitrogen and oxygen atoms in total. The summed E-state index contributed by atoms with van der Waals surface area (Å²) >= 11 is 0. The molecular weight excluding hydrogens is 296 g/mol. The summed E-state index contributed by atoms with van der Waals surface area (Å²) in [5.74, 6) is 2.01. The summed E-state index contributed by atoms with van der Waals surface area (Å²) in [6.07, 6.45) is 9.96. The highest BCUT2D eigenvalue weighted by Gasteiger charge is 2.34. The Kier molecular flexibility index (Phi) is 6.30. The molecule has 1 aliphatic carbocycles. The van der Waals surface area contributed by atoms with Gasteiger partial charge in [-0.3, -0.25) is 4.79 Å². The number of amides is 1. The first kappa shape index (κ1) is 17.5. The van der Waals surface area contributed by atoms with Gasteiger partial charge < -0.3 is 10.6 Å². The van der Waals surface area contributed by atoms with Crippen molar-refractivity contribution >= 4 is 5.91 Å². The molecule has 24 heavy (non-hydrogen) atoms. The minimum atomic E-state index is 0.336. The van der Waals surface area contributed by atoms with Gasteiger partial charge in [-0.15, -0.1) is 0 Å². The molecular formula is C21H32N2O. The molecule has 0 aromatic heterocycles. The lowest BCUT2D eigenvalue weighted by Gasteiger charge is -2.22. The highest BCUT2D eigenvalue weighted by atomic mass is 16.2. The van der Waals surface area contributed by atoms with Crippen LogP contribution in [-0.2, 0) is 4.79 Å². The molecule has 2 aliphatic rings. The van der Waals surface area contributed by atoms with E-state index in [-0.39, 0.29) is 0 Å². The first-order chi connectivity index (χ1) is 11.8. The van der Waals surface area contributed by atoms with Crippen LogP contribution < -0.4 is 5.73 Å². The Labute approximate surface area is 146 Å². The second-order valence-electron chi connectivity index (χ2n) is 7.71. The van der Waals surface area contributed by atoms with Crippen molar-refractivity contribution in [2.45, 2.75) is 57.3 Å². The summed E-state index contributed by atoms with van der Waals surface area (Å²) in [6, 6.07) is 10.5. The minimum absolute atomic E-state index is 0.336. The van der Waals surface area contributed by atoms with E-state index in [1.54, 1.807) is 0 Å². The molecule has 1 saturated heterocycles. The predicted molar refractivity (Wildman–Crippen MR) is 98.7 cm³/mol. The smallest absolute Gasteiger partial charge is 0.222 e. The molecule has 1 aromatic rings. The average molecular weight is 328 g/mol. The van der Waals surface area contributed by atoms with E-state index in [0.29, 0.717) is 24.3 Å². The van der Waals surface area contributed by atoms with Crippen LogP contribution >= 0.6 is 0 Å². The summed E-state index contributed by atoms with van der Waals surface area (Å²) in [5, 5.41) is 0. The number of carbonyl (C=O) groups is 1. The van der Waals surface area contributed by atoms with Crippen LogP contribution in [0.15, 0.2) is 30.3 Å². The van der Waals surface area contributed by atoms with Crippen LogP contribution in [0.5, 0.6) is 0 Å². The van der Waals surface area contributed by atoms with Crippen LogP contribution in [0, 0.1) is 11.8 Å². The number of hydrogen-bond donors (Lipinski definition) is 1. The molecule has 3 rings (SSSR count). The van der Waals surface area contributed by atoms with Crippen LogP contribution in [-0.4, -0.2) is 30.4 Å². The zero-order valence-electron chi connectivity index (χ0n) is 14.8. The van der Waals surface area contributed by atoms with Crippen molar-refractivity contribution in [3.8, 4) is 0 Å². The molecule has 0 radical (unpaired) electrons. The zero-order chi connectivity index (χ0) is 16.8. The first-order valence-corrected chi connectivity index (χ1v) is 9.80. The number of benzene rings is 1. The maximum Gasteiger partial charge on any atom is 0.222 e. The third kappa shape index (κ3) is 4.38. The molecule has 0 bridgehead atoms. The largest absolute Gasteiger partial charge is 0.342 e. The van der Waals surface area contributed by atoms with Gasteiger partial charge in [0.25, 0.3) is 0 Å². The second-order valence-corrected chi connectivity index (χ2v) is 7.71. The Hall–Kier alpha value is -1.35. The molecule has 1 amide bonds. The number of likely N-dealkylation sites (tertiary alicyclic amines) is 1. The van der Waals surface area contributed by atoms with Crippen LogP contribution in [0.4, 0.5) is 0 Å². The van der Waals surface area contributed by atoms with Crippen LogP contribution in [0.3, 0.4) is 0 Å². The Balaban J connectivity index is 1.48. The van der Waals surface area contributed by atoms with E-state index in [2.05, 4.69) is 29.2 Å². The average Bonchev–Trinajstić information content (AvgIpc) is 3.08. The van der Waals surface area contributed by atoms with Crippen molar-refractivity contribution < 1.29 is 4.79 Å². The minimum Gasteiger partial charge on any atom is -0.342 e. The number of nitrogens with two attached hydrogens (primary N) is 1. The Morgan fingerprint density at radius 3 is 2.54 bits per heavy atom. The second kappa shape index (κ2) is 8.66. The van der Waals surface area contributed by atoms with Crippen molar-refractivity contribution in [3.05, 3.63) is 35.9 Å². The highest BCUT2D eigenvalue weighted by Crippen LogP contribution is 2.33. The van der Waals surface area contributed by atoms with Gasteiger partial charge in [-0.05, 0) is 36.8 Å².